The van der Waals surface area contributed by atoms with Crippen molar-refractivity contribution in [2.75, 3.05) is 6.54 Å². The Labute approximate surface area is 155 Å². The molecule has 0 spiro atoms. The minimum atomic E-state index is 0.197. The first-order valence-corrected chi connectivity index (χ1v) is 9.73. The smallest absolute Gasteiger partial charge is 0.0945 e. The summed E-state index contributed by atoms with van der Waals surface area (Å²) in [5.74, 6) is 0. The number of hydrogen-bond donors (Lipinski definition) is 1. The molecule has 0 aliphatic carbocycles. The Morgan fingerprint density at radius 1 is 1.19 bits per heavy atom. The van der Waals surface area contributed by atoms with Crippen LogP contribution in [0, 0.1) is 0 Å². The molecule has 26 heavy (non-hydrogen) atoms. The number of benzene rings is 1. The van der Waals surface area contributed by atoms with E-state index in [9.17, 15) is 0 Å². The van der Waals surface area contributed by atoms with Crippen molar-refractivity contribution >= 4 is 10.9 Å². The first kappa shape index (κ1) is 16.9. The van der Waals surface area contributed by atoms with E-state index in [0.717, 1.165) is 19.4 Å². The predicted octanol–water partition coefficient (Wildman–Crippen LogP) is 5.60. The molecule has 1 unspecified atom stereocenters. The number of allylic oxidation sites excluding steroid dienone is 1. The Morgan fingerprint density at radius 2 is 2.00 bits per heavy atom. The van der Waals surface area contributed by atoms with Crippen molar-refractivity contribution in [3.8, 4) is 0 Å². The lowest BCUT2D eigenvalue weighted by Gasteiger charge is -2.39. The van der Waals surface area contributed by atoms with Gasteiger partial charge in [-0.1, -0.05) is 44.5 Å². The van der Waals surface area contributed by atoms with Crippen LogP contribution < -0.4 is 0 Å². The molecule has 1 atom stereocenters. The van der Waals surface area contributed by atoms with Crippen molar-refractivity contribution < 1.29 is 0 Å². The van der Waals surface area contributed by atoms with Gasteiger partial charge in [0.1, 0.15) is 0 Å². The van der Waals surface area contributed by atoms with E-state index in [1.54, 1.807) is 0 Å². The molecule has 1 N–H and O–H groups in total. The van der Waals surface area contributed by atoms with Crippen LogP contribution in [0.2, 0.25) is 0 Å². The van der Waals surface area contributed by atoms with Gasteiger partial charge in [-0.3, -0.25) is 4.98 Å². The maximum absolute atomic E-state index is 4.45. The highest BCUT2D eigenvalue weighted by Crippen LogP contribution is 2.40. The van der Waals surface area contributed by atoms with E-state index in [2.05, 4.69) is 64.8 Å². The molecule has 0 saturated carbocycles. The van der Waals surface area contributed by atoms with Crippen LogP contribution in [0.4, 0.5) is 0 Å². The number of pyridine rings is 1. The fraction of sp³-hybridized carbons (Fsp3) is 0.348. The van der Waals surface area contributed by atoms with Crippen LogP contribution >= 0.6 is 0 Å². The first-order chi connectivity index (χ1) is 12.8. The predicted molar refractivity (Wildman–Crippen MR) is 108 cm³/mol. The van der Waals surface area contributed by atoms with Crippen molar-refractivity contribution in [3.05, 3.63) is 77.9 Å². The van der Waals surface area contributed by atoms with E-state index in [-0.39, 0.29) is 6.04 Å². The molecule has 1 aromatic carbocycles. The minimum absolute atomic E-state index is 0.197. The minimum Gasteiger partial charge on any atom is -0.362 e. The van der Waals surface area contributed by atoms with Gasteiger partial charge < -0.3 is 9.88 Å². The molecule has 0 bridgehead atoms. The van der Waals surface area contributed by atoms with Gasteiger partial charge in [0.05, 0.1) is 6.04 Å². The summed E-state index contributed by atoms with van der Waals surface area (Å²) in [6.45, 7) is 7.72. The van der Waals surface area contributed by atoms with Crippen LogP contribution in [-0.4, -0.2) is 21.4 Å². The van der Waals surface area contributed by atoms with Gasteiger partial charge in [-0.05, 0) is 48.6 Å². The summed E-state index contributed by atoms with van der Waals surface area (Å²) >= 11 is 0. The van der Waals surface area contributed by atoms with Crippen LogP contribution in [0.25, 0.3) is 10.9 Å². The van der Waals surface area contributed by atoms with Crippen LogP contribution in [0.1, 0.15) is 55.5 Å². The van der Waals surface area contributed by atoms with Crippen LogP contribution in [0.5, 0.6) is 0 Å². The van der Waals surface area contributed by atoms with E-state index < -0.39 is 0 Å². The topological polar surface area (TPSA) is 31.9 Å². The molecular formula is C23H27N3. The van der Waals surface area contributed by atoms with Gasteiger partial charge in [0.2, 0.25) is 0 Å². The Balaban J connectivity index is 1.75. The van der Waals surface area contributed by atoms with E-state index in [4.69, 9.17) is 0 Å². The molecule has 2 aromatic heterocycles. The standard InChI is InChI=1S/C23H27N3/c1-3-4-5-8-17(2)26-16-13-20-19-9-6-7-10-21(19)25-22(20)23(26)18-11-14-24-15-12-18/h6-7,9-12,14-15,23,25H,2-5,8,13,16H2,1H3. The van der Waals surface area contributed by atoms with Gasteiger partial charge in [0, 0.05) is 41.2 Å². The zero-order chi connectivity index (χ0) is 17.9. The average molecular weight is 345 g/mol. The molecule has 3 nitrogen and oxygen atoms in total. The highest BCUT2D eigenvalue weighted by molar-refractivity contribution is 5.85. The third-order valence-corrected chi connectivity index (χ3v) is 5.53. The molecule has 1 aliphatic rings. The summed E-state index contributed by atoms with van der Waals surface area (Å²) in [4.78, 5) is 10.4. The first-order valence-electron chi connectivity index (χ1n) is 9.73. The Kier molecular flexibility index (Phi) is 4.79. The SMILES string of the molecule is C=C(CCCCC)N1CCc2c([nH]c3ccccc23)C1c1ccncc1. The van der Waals surface area contributed by atoms with Gasteiger partial charge in [0.15, 0.2) is 0 Å². The maximum Gasteiger partial charge on any atom is 0.0945 e. The molecule has 0 fully saturated rings. The molecule has 0 amide bonds. The Morgan fingerprint density at radius 3 is 2.81 bits per heavy atom. The molecule has 3 heterocycles. The number of hydrogen-bond acceptors (Lipinski definition) is 2. The van der Waals surface area contributed by atoms with Crippen molar-refractivity contribution in [3.63, 3.8) is 0 Å². The molecule has 4 rings (SSSR count). The zero-order valence-corrected chi connectivity index (χ0v) is 15.5. The molecule has 0 radical (unpaired) electrons. The van der Waals surface area contributed by atoms with Crippen molar-refractivity contribution in [1.29, 1.82) is 0 Å². The normalized spacial score (nSPS) is 16.7. The van der Waals surface area contributed by atoms with Gasteiger partial charge in [0.25, 0.3) is 0 Å². The summed E-state index contributed by atoms with van der Waals surface area (Å²) in [5.41, 5.74) is 6.55. The quantitative estimate of drug-likeness (QED) is 0.589. The highest BCUT2D eigenvalue weighted by atomic mass is 15.2. The molecule has 3 heteroatoms. The second-order valence-electron chi connectivity index (χ2n) is 7.21. The lowest BCUT2D eigenvalue weighted by atomic mass is 9.92. The van der Waals surface area contributed by atoms with Crippen LogP contribution in [-0.2, 0) is 6.42 Å². The number of rotatable bonds is 6. The number of para-hydroxylation sites is 1. The third-order valence-electron chi connectivity index (χ3n) is 5.53. The lowest BCUT2D eigenvalue weighted by Crippen LogP contribution is -2.35. The number of aromatic nitrogens is 2. The molecule has 1 aliphatic heterocycles. The third kappa shape index (κ3) is 3.03. The second-order valence-corrected chi connectivity index (χ2v) is 7.21. The average Bonchev–Trinajstić information content (AvgIpc) is 3.06. The summed E-state index contributed by atoms with van der Waals surface area (Å²) in [6, 6.07) is 13.1. The van der Waals surface area contributed by atoms with Crippen molar-refractivity contribution in [2.45, 2.75) is 45.1 Å². The Hall–Kier alpha value is -2.55. The van der Waals surface area contributed by atoms with Crippen molar-refractivity contribution in [1.82, 2.24) is 14.9 Å². The number of H-pyrrole nitrogens is 1. The molecular weight excluding hydrogens is 318 g/mol. The van der Waals surface area contributed by atoms with Gasteiger partial charge >= 0.3 is 0 Å². The van der Waals surface area contributed by atoms with Gasteiger partial charge in [-0.2, -0.15) is 0 Å². The molecule has 0 saturated heterocycles. The summed E-state index contributed by atoms with van der Waals surface area (Å²) in [7, 11) is 0. The number of nitrogens with zero attached hydrogens (tertiary/aromatic N) is 2. The van der Waals surface area contributed by atoms with E-state index >= 15 is 0 Å². The second kappa shape index (κ2) is 7.36. The van der Waals surface area contributed by atoms with Gasteiger partial charge in [-0.25, -0.2) is 0 Å². The zero-order valence-electron chi connectivity index (χ0n) is 15.5. The number of fused-ring (bicyclic) bond motifs is 3. The fourth-order valence-corrected chi connectivity index (χ4v) is 4.20. The number of unbranched alkanes of at least 4 members (excludes halogenated alkanes) is 2. The fourth-order valence-electron chi connectivity index (χ4n) is 4.20. The van der Waals surface area contributed by atoms with E-state index in [1.165, 1.54) is 52.7 Å². The largest absolute Gasteiger partial charge is 0.362 e. The van der Waals surface area contributed by atoms with E-state index in [1.807, 2.05) is 12.4 Å². The molecule has 3 aromatic rings. The van der Waals surface area contributed by atoms with Crippen LogP contribution in [0.15, 0.2) is 61.1 Å². The summed E-state index contributed by atoms with van der Waals surface area (Å²) in [5, 5.41) is 1.36. The maximum atomic E-state index is 4.45. The van der Waals surface area contributed by atoms with Crippen molar-refractivity contribution in [2.24, 2.45) is 0 Å². The number of nitrogens with one attached hydrogen (secondary N) is 1. The molecule has 134 valence electrons. The summed E-state index contributed by atoms with van der Waals surface area (Å²) in [6.07, 6.45) is 9.65. The monoisotopic (exact) mass is 345 g/mol. The lowest BCUT2D eigenvalue weighted by molar-refractivity contribution is 0.261. The van der Waals surface area contributed by atoms with Crippen LogP contribution in [0.3, 0.4) is 0 Å². The summed E-state index contributed by atoms with van der Waals surface area (Å²) < 4.78 is 0. The number of aromatic amines is 1. The highest BCUT2D eigenvalue weighted by Gasteiger charge is 2.32. The van der Waals surface area contributed by atoms with E-state index in [0.29, 0.717) is 0 Å². The Bertz CT molecular complexity index is 894. The van der Waals surface area contributed by atoms with Gasteiger partial charge in [-0.15, -0.1) is 0 Å².